The Morgan fingerprint density at radius 2 is 2.15 bits per heavy atom. The van der Waals surface area contributed by atoms with E-state index in [1.165, 1.54) is 6.08 Å². The average molecular weight is 203 g/mol. The third-order valence-corrected chi connectivity index (χ3v) is 2.25. The normalized spacial score (nSPS) is 10.2. The Bertz CT molecular complexity index is 345. The molecule has 0 N–H and O–H groups in total. The first-order valence-corrected chi connectivity index (χ1v) is 4.28. The quantitative estimate of drug-likeness (QED) is 0.640. The van der Waals surface area contributed by atoms with Crippen molar-refractivity contribution in [2.24, 2.45) is 0 Å². The van der Waals surface area contributed by atoms with Crippen LogP contribution in [0.5, 0.6) is 0 Å². The minimum absolute atomic E-state index is 0.0969. The zero-order chi connectivity index (χ0) is 10.0. The van der Waals surface area contributed by atoms with Crippen molar-refractivity contribution in [3.8, 4) is 0 Å². The van der Waals surface area contributed by atoms with E-state index in [1.807, 2.05) is 0 Å². The SMILES string of the molecule is C=Cc1cc(F)c(CC)c(Cl)c1F. The second kappa shape index (κ2) is 3.88. The summed E-state index contributed by atoms with van der Waals surface area (Å²) in [5, 5.41) is -0.141. The predicted molar refractivity (Wildman–Crippen MR) is 50.8 cm³/mol. The third kappa shape index (κ3) is 1.73. The van der Waals surface area contributed by atoms with Crippen LogP contribution in [0, 0.1) is 11.6 Å². The van der Waals surface area contributed by atoms with Gasteiger partial charge in [0, 0.05) is 11.1 Å². The highest BCUT2D eigenvalue weighted by atomic mass is 35.5. The van der Waals surface area contributed by atoms with Gasteiger partial charge >= 0.3 is 0 Å². The Kier molecular flexibility index (Phi) is 3.04. The summed E-state index contributed by atoms with van der Waals surface area (Å²) in [5.41, 5.74) is 0.310. The van der Waals surface area contributed by atoms with Gasteiger partial charge in [-0.25, -0.2) is 8.78 Å². The van der Waals surface area contributed by atoms with Crippen LogP contribution in [0.2, 0.25) is 5.02 Å². The van der Waals surface area contributed by atoms with Gasteiger partial charge in [0.15, 0.2) is 0 Å². The topological polar surface area (TPSA) is 0 Å². The van der Waals surface area contributed by atoms with Crippen molar-refractivity contribution >= 4 is 17.7 Å². The Morgan fingerprint density at radius 1 is 1.54 bits per heavy atom. The summed E-state index contributed by atoms with van der Waals surface area (Å²) in [7, 11) is 0. The van der Waals surface area contributed by atoms with E-state index in [4.69, 9.17) is 11.6 Å². The van der Waals surface area contributed by atoms with E-state index < -0.39 is 11.6 Å². The number of hydrogen-bond donors (Lipinski definition) is 0. The van der Waals surface area contributed by atoms with Gasteiger partial charge in [0.05, 0.1) is 5.02 Å². The largest absolute Gasteiger partial charge is 0.207 e. The molecule has 0 unspecified atom stereocenters. The van der Waals surface area contributed by atoms with Crippen molar-refractivity contribution in [2.45, 2.75) is 13.3 Å². The molecular weight excluding hydrogens is 194 g/mol. The maximum atomic E-state index is 13.3. The molecule has 0 aliphatic heterocycles. The maximum Gasteiger partial charge on any atom is 0.149 e. The third-order valence-electron chi connectivity index (χ3n) is 1.86. The van der Waals surface area contributed by atoms with Crippen molar-refractivity contribution in [3.63, 3.8) is 0 Å². The van der Waals surface area contributed by atoms with Gasteiger partial charge in [-0.3, -0.25) is 0 Å². The molecule has 0 spiro atoms. The van der Waals surface area contributed by atoms with Gasteiger partial charge in [-0.1, -0.05) is 31.2 Å². The lowest BCUT2D eigenvalue weighted by atomic mass is 10.1. The van der Waals surface area contributed by atoms with Crippen LogP contribution in [0.15, 0.2) is 12.6 Å². The van der Waals surface area contributed by atoms with Crippen molar-refractivity contribution < 1.29 is 8.78 Å². The first kappa shape index (κ1) is 10.2. The first-order chi connectivity index (χ1) is 6.11. The fourth-order valence-corrected chi connectivity index (χ4v) is 1.46. The standard InChI is InChI=1S/C10H9ClF2/c1-3-6-5-8(12)7(4-2)9(11)10(6)13/h3,5H,1,4H2,2H3. The number of halogens is 3. The molecule has 0 saturated carbocycles. The van der Waals surface area contributed by atoms with Crippen LogP contribution in [0.3, 0.4) is 0 Å². The maximum absolute atomic E-state index is 13.3. The van der Waals surface area contributed by atoms with Crippen LogP contribution in [0.1, 0.15) is 18.1 Å². The molecule has 1 rings (SSSR count). The van der Waals surface area contributed by atoms with E-state index in [-0.39, 0.29) is 16.1 Å². The van der Waals surface area contributed by atoms with Crippen molar-refractivity contribution in [3.05, 3.63) is 40.4 Å². The fraction of sp³-hybridized carbons (Fsp3) is 0.200. The van der Waals surface area contributed by atoms with E-state index in [1.54, 1.807) is 6.92 Å². The summed E-state index contributed by atoms with van der Waals surface area (Å²) >= 11 is 5.62. The Hall–Kier alpha value is -0.890. The van der Waals surface area contributed by atoms with Gasteiger partial charge in [0.2, 0.25) is 0 Å². The second-order valence-corrected chi connectivity index (χ2v) is 2.99. The molecule has 1 aromatic rings. The monoisotopic (exact) mass is 202 g/mol. The Balaban J connectivity index is 3.45. The predicted octanol–water partition coefficient (Wildman–Crippen LogP) is 3.82. The smallest absolute Gasteiger partial charge is 0.149 e. The first-order valence-electron chi connectivity index (χ1n) is 3.90. The molecule has 0 amide bonds. The van der Waals surface area contributed by atoms with E-state index in [2.05, 4.69) is 6.58 Å². The molecule has 3 heteroatoms. The van der Waals surface area contributed by atoms with E-state index in [0.29, 0.717) is 6.42 Å². The number of rotatable bonds is 2. The second-order valence-electron chi connectivity index (χ2n) is 2.61. The molecule has 0 radical (unpaired) electrons. The summed E-state index contributed by atoms with van der Waals surface area (Å²) < 4.78 is 26.4. The van der Waals surface area contributed by atoms with Gasteiger partial charge in [-0.2, -0.15) is 0 Å². The zero-order valence-electron chi connectivity index (χ0n) is 7.20. The van der Waals surface area contributed by atoms with Crippen LogP contribution >= 0.6 is 11.6 Å². The van der Waals surface area contributed by atoms with Gasteiger partial charge in [-0.15, -0.1) is 0 Å². The Labute approximate surface area is 80.8 Å². The highest BCUT2D eigenvalue weighted by Gasteiger charge is 2.13. The summed E-state index contributed by atoms with van der Waals surface area (Å²) in [6.45, 7) is 5.08. The van der Waals surface area contributed by atoms with Gasteiger partial charge in [0.1, 0.15) is 11.6 Å². The summed E-state index contributed by atoms with van der Waals surface area (Å²) in [4.78, 5) is 0. The molecule has 13 heavy (non-hydrogen) atoms. The van der Waals surface area contributed by atoms with Crippen LogP contribution in [-0.4, -0.2) is 0 Å². The summed E-state index contributed by atoms with van der Waals surface area (Å²) in [6.07, 6.45) is 1.61. The minimum Gasteiger partial charge on any atom is -0.207 e. The van der Waals surface area contributed by atoms with Crippen molar-refractivity contribution in [2.75, 3.05) is 0 Å². The van der Waals surface area contributed by atoms with Crippen LogP contribution in [-0.2, 0) is 6.42 Å². The molecule has 0 aliphatic carbocycles. The summed E-state index contributed by atoms with van der Waals surface area (Å²) in [5.74, 6) is -1.08. The molecule has 0 fully saturated rings. The molecule has 0 saturated heterocycles. The van der Waals surface area contributed by atoms with Crippen LogP contribution in [0.25, 0.3) is 6.08 Å². The lowest BCUT2D eigenvalue weighted by Gasteiger charge is -2.06. The molecule has 0 aliphatic rings. The highest BCUT2D eigenvalue weighted by molar-refractivity contribution is 6.31. The highest BCUT2D eigenvalue weighted by Crippen LogP contribution is 2.26. The number of benzene rings is 1. The lowest BCUT2D eigenvalue weighted by Crippen LogP contribution is -1.95. The molecule has 0 heterocycles. The zero-order valence-corrected chi connectivity index (χ0v) is 7.96. The molecular formula is C10H9ClF2. The van der Waals surface area contributed by atoms with Crippen LogP contribution < -0.4 is 0 Å². The molecule has 0 aromatic heterocycles. The van der Waals surface area contributed by atoms with Crippen molar-refractivity contribution in [1.29, 1.82) is 0 Å². The van der Waals surface area contributed by atoms with Gasteiger partial charge in [-0.05, 0) is 12.5 Å². The molecule has 0 atom stereocenters. The number of hydrogen-bond acceptors (Lipinski definition) is 0. The van der Waals surface area contributed by atoms with Gasteiger partial charge in [0.25, 0.3) is 0 Å². The molecule has 1 aromatic carbocycles. The molecule has 0 nitrogen and oxygen atoms in total. The van der Waals surface area contributed by atoms with Gasteiger partial charge < -0.3 is 0 Å². The summed E-state index contributed by atoms with van der Waals surface area (Å²) in [6, 6.07) is 1.10. The average Bonchev–Trinajstić information content (AvgIpc) is 2.12. The minimum atomic E-state index is -0.602. The molecule has 70 valence electrons. The van der Waals surface area contributed by atoms with E-state index in [9.17, 15) is 8.78 Å². The lowest BCUT2D eigenvalue weighted by molar-refractivity contribution is 0.585. The Morgan fingerprint density at radius 3 is 2.62 bits per heavy atom. The van der Waals surface area contributed by atoms with E-state index in [0.717, 1.165) is 6.07 Å². The van der Waals surface area contributed by atoms with Crippen LogP contribution in [0.4, 0.5) is 8.78 Å². The molecule has 0 bridgehead atoms. The van der Waals surface area contributed by atoms with E-state index >= 15 is 0 Å². The fourth-order valence-electron chi connectivity index (χ4n) is 1.12. The van der Waals surface area contributed by atoms with Crippen molar-refractivity contribution in [1.82, 2.24) is 0 Å².